The first-order valence-electron chi connectivity index (χ1n) is 10.1. The number of imide groups is 1. The van der Waals surface area contributed by atoms with Gasteiger partial charge in [0.05, 0.1) is 21.8 Å². The number of fused-ring (bicyclic) bond motifs is 2. The van der Waals surface area contributed by atoms with Crippen LogP contribution in [0.1, 0.15) is 36.0 Å². The highest BCUT2D eigenvalue weighted by Gasteiger charge is 2.38. The van der Waals surface area contributed by atoms with Gasteiger partial charge in [-0.2, -0.15) is 0 Å². The third-order valence-electron chi connectivity index (χ3n) is 5.53. The molecule has 1 aliphatic heterocycles. The maximum absolute atomic E-state index is 13.8. The van der Waals surface area contributed by atoms with Crippen LogP contribution < -0.4 is 4.90 Å². The van der Waals surface area contributed by atoms with E-state index in [-0.39, 0.29) is 12.6 Å². The van der Waals surface area contributed by atoms with Crippen molar-refractivity contribution in [1.29, 1.82) is 0 Å². The third kappa shape index (κ3) is 3.74. The molecule has 0 N–H and O–H groups in total. The Morgan fingerprint density at radius 2 is 1.64 bits per heavy atom. The van der Waals surface area contributed by atoms with Gasteiger partial charge in [-0.25, -0.2) is 0 Å². The van der Waals surface area contributed by atoms with Crippen LogP contribution in [0.5, 0.6) is 0 Å². The lowest BCUT2D eigenvalue weighted by Crippen LogP contribution is -2.44. The number of hydrogen-bond donors (Lipinski definition) is 0. The summed E-state index contributed by atoms with van der Waals surface area (Å²) in [5.41, 5.74) is 2.35. The Labute approximate surface area is 212 Å². The fourth-order valence-corrected chi connectivity index (χ4v) is 6.10. The quantitative estimate of drug-likeness (QED) is 0.206. The van der Waals surface area contributed by atoms with Crippen molar-refractivity contribution < 1.29 is 14.4 Å². The second-order valence-electron chi connectivity index (χ2n) is 7.65. The summed E-state index contributed by atoms with van der Waals surface area (Å²) in [4.78, 5) is 42.8. The molecule has 8 heteroatoms. The van der Waals surface area contributed by atoms with Gasteiger partial charge in [-0.05, 0) is 65.4 Å². The normalized spacial score (nSPS) is 13.0. The first-order valence-corrected chi connectivity index (χ1v) is 12.3. The minimum Gasteiger partial charge on any atom is -0.288 e. The predicted molar refractivity (Wildman–Crippen MR) is 139 cm³/mol. The maximum atomic E-state index is 13.8. The van der Waals surface area contributed by atoms with Crippen molar-refractivity contribution in [2.45, 2.75) is 6.92 Å². The van der Waals surface area contributed by atoms with Crippen LogP contribution in [0.3, 0.4) is 0 Å². The number of carbonyl (C=O) groups excluding carboxylic acids is 3. The van der Waals surface area contributed by atoms with Crippen LogP contribution in [0.2, 0.25) is 5.02 Å². The molecule has 33 heavy (non-hydrogen) atoms. The van der Waals surface area contributed by atoms with Gasteiger partial charge in [0.1, 0.15) is 11.5 Å². The number of para-hydroxylation sites is 1. The number of halogens is 2. The average molecular weight is 587 g/mol. The van der Waals surface area contributed by atoms with Gasteiger partial charge in [0.15, 0.2) is 0 Å². The molecule has 0 atom stereocenters. The van der Waals surface area contributed by atoms with Gasteiger partial charge in [0.25, 0.3) is 17.7 Å². The van der Waals surface area contributed by atoms with Crippen molar-refractivity contribution >= 4 is 79.0 Å². The number of thiophene rings is 1. The molecule has 3 amide bonds. The standard InChI is InChI=1S/C25H16ClIN2O3S/c1-14-10-11-17-20(12-14)33-22(21(17)26)25(32)28(19-9-5-4-8-18(19)27)13-29-23(30)15-6-2-3-7-16(15)24(29)31/h2-12H,13H2,1H3. The van der Waals surface area contributed by atoms with Crippen LogP contribution in [0.25, 0.3) is 10.1 Å². The largest absolute Gasteiger partial charge is 0.288 e. The Bertz CT molecular complexity index is 1430. The number of anilines is 1. The Morgan fingerprint density at radius 1 is 1.00 bits per heavy atom. The van der Waals surface area contributed by atoms with Crippen molar-refractivity contribution in [3.05, 3.63) is 96.9 Å². The fourth-order valence-electron chi connectivity index (χ4n) is 3.86. The predicted octanol–water partition coefficient (Wildman–Crippen LogP) is 6.37. The van der Waals surface area contributed by atoms with Crippen LogP contribution >= 0.6 is 45.5 Å². The van der Waals surface area contributed by atoms with Gasteiger partial charge >= 0.3 is 0 Å². The van der Waals surface area contributed by atoms with Gasteiger partial charge < -0.3 is 0 Å². The number of nitrogens with zero attached hydrogens (tertiary/aromatic N) is 2. The molecular formula is C25H16ClIN2O3S. The van der Waals surface area contributed by atoms with E-state index in [1.165, 1.54) is 16.2 Å². The molecule has 1 aliphatic rings. The van der Waals surface area contributed by atoms with E-state index in [0.29, 0.717) is 26.7 Å². The van der Waals surface area contributed by atoms with E-state index in [1.54, 1.807) is 30.3 Å². The van der Waals surface area contributed by atoms with Crippen LogP contribution in [-0.4, -0.2) is 29.3 Å². The summed E-state index contributed by atoms with van der Waals surface area (Å²) >= 11 is 10.1. The second kappa shape index (κ2) is 8.55. The molecule has 0 saturated heterocycles. The number of amides is 3. The molecule has 0 aliphatic carbocycles. The minimum atomic E-state index is -0.419. The van der Waals surface area contributed by atoms with Crippen molar-refractivity contribution in [3.63, 3.8) is 0 Å². The summed E-state index contributed by atoms with van der Waals surface area (Å²) in [6.45, 7) is 1.77. The van der Waals surface area contributed by atoms with Crippen LogP contribution in [0.15, 0.2) is 66.7 Å². The Kier molecular flexibility index (Phi) is 5.72. The van der Waals surface area contributed by atoms with E-state index in [9.17, 15) is 14.4 Å². The molecule has 0 bridgehead atoms. The number of aryl methyl sites for hydroxylation is 1. The molecule has 4 aromatic rings. The first kappa shape index (κ1) is 22.1. The van der Waals surface area contributed by atoms with Gasteiger partial charge in [0, 0.05) is 13.7 Å². The van der Waals surface area contributed by atoms with Crippen LogP contribution in [0.4, 0.5) is 5.69 Å². The summed E-state index contributed by atoms with van der Waals surface area (Å²) in [6.07, 6.45) is 0. The van der Waals surface area contributed by atoms with E-state index in [1.807, 2.05) is 43.3 Å². The molecular weight excluding hydrogens is 571 g/mol. The number of carbonyl (C=O) groups is 3. The zero-order valence-electron chi connectivity index (χ0n) is 17.3. The number of rotatable bonds is 4. The molecule has 2 heterocycles. The summed E-state index contributed by atoms with van der Waals surface area (Å²) < 4.78 is 1.72. The minimum absolute atomic E-state index is 0.213. The topological polar surface area (TPSA) is 57.7 Å². The maximum Gasteiger partial charge on any atom is 0.271 e. The van der Waals surface area contributed by atoms with Gasteiger partial charge in [-0.1, -0.05) is 48.0 Å². The Hall–Kier alpha value is -2.75. The van der Waals surface area contributed by atoms with Crippen molar-refractivity contribution in [3.8, 4) is 0 Å². The molecule has 5 rings (SSSR count). The number of hydrogen-bond acceptors (Lipinski definition) is 4. The van der Waals surface area contributed by atoms with Crippen molar-refractivity contribution in [2.75, 3.05) is 11.6 Å². The Balaban J connectivity index is 1.59. The SMILES string of the molecule is Cc1ccc2c(Cl)c(C(=O)N(CN3C(=O)c4ccccc4C3=O)c3ccccc3I)sc2c1. The molecule has 0 saturated carbocycles. The van der Waals surface area contributed by atoms with E-state index >= 15 is 0 Å². The molecule has 0 radical (unpaired) electrons. The lowest BCUT2D eigenvalue weighted by atomic mass is 10.1. The fraction of sp³-hybridized carbons (Fsp3) is 0.0800. The van der Waals surface area contributed by atoms with E-state index in [0.717, 1.165) is 24.1 Å². The highest BCUT2D eigenvalue weighted by atomic mass is 127. The highest BCUT2D eigenvalue weighted by molar-refractivity contribution is 14.1. The summed E-state index contributed by atoms with van der Waals surface area (Å²) in [6, 6.07) is 19.9. The van der Waals surface area contributed by atoms with Gasteiger partial charge in [-0.15, -0.1) is 11.3 Å². The van der Waals surface area contributed by atoms with E-state index in [4.69, 9.17) is 11.6 Å². The lowest BCUT2D eigenvalue weighted by molar-refractivity contribution is 0.0650. The molecule has 0 spiro atoms. The molecule has 5 nitrogen and oxygen atoms in total. The first-order chi connectivity index (χ1) is 15.9. The zero-order valence-corrected chi connectivity index (χ0v) is 21.1. The summed E-state index contributed by atoms with van der Waals surface area (Å²) in [5.74, 6) is -1.20. The molecule has 1 aromatic heterocycles. The van der Waals surface area contributed by atoms with Gasteiger partial charge in [-0.3, -0.25) is 24.2 Å². The Morgan fingerprint density at radius 3 is 2.30 bits per heavy atom. The summed E-state index contributed by atoms with van der Waals surface area (Å²) in [5, 5.41) is 1.18. The molecule has 0 fully saturated rings. The van der Waals surface area contributed by atoms with Gasteiger partial charge in [0.2, 0.25) is 0 Å². The molecule has 164 valence electrons. The van der Waals surface area contributed by atoms with Crippen molar-refractivity contribution in [2.24, 2.45) is 0 Å². The average Bonchev–Trinajstić information content (AvgIpc) is 3.26. The smallest absolute Gasteiger partial charge is 0.271 e. The third-order valence-corrected chi connectivity index (χ3v) is 8.09. The van der Waals surface area contributed by atoms with E-state index < -0.39 is 11.8 Å². The van der Waals surface area contributed by atoms with Crippen molar-refractivity contribution in [1.82, 2.24) is 4.90 Å². The monoisotopic (exact) mass is 586 g/mol. The second-order valence-corrected chi connectivity index (χ2v) is 10.2. The molecule has 3 aromatic carbocycles. The summed E-state index contributed by atoms with van der Waals surface area (Å²) in [7, 11) is 0. The van der Waals surface area contributed by atoms with Crippen LogP contribution in [0, 0.1) is 10.5 Å². The molecule has 0 unspecified atom stereocenters. The van der Waals surface area contributed by atoms with E-state index in [2.05, 4.69) is 22.6 Å². The zero-order chi connectivity index (χ0) is 23.3. The lowest BCUT2D eigenvalue weighted by Gasteiger charge is -2.27. The van der Waals surface area contributed by atoms with Crippen LogP contribution in [-0.2, 0) is 0 Å². The number of benzene rings is 3. The highest BCUT2D eigenvalue weighted by Crippen LogP contribution is 2.38.